The predicted octanol–water partition coefficient (Wildman–Crippen LogP) is 0.988. The van der Waals surface area contributed by atoms with Crippen molar-refractivity contribution in [1.29, 1.82) is 0 Å². The number of aromatic nitrogens is 4. The Morgan fingerprint density at radius 3 is 2.79 bits per heavy atom. The summed E-state index contributed by atoms with van der Waals surface area (Å²) in [5, 5.41) is 4.46. The zero-order valence-corrected chi connectivity index (χ0v) is 13.6. The summed E-state index contributed by atoms with van der Waals surface area (Å²) in [5.41, 5.74) is 0.588. The lowest BCUT2D eigenvalue weighted by Crippen LogP contribution is -2.41. The van der Waals surface area contributed by atoms with Crippen molar-refractivity contribution < 1.29 is 4.79 Å². The van der Waals surface area contributed by atoms with Crippen LogP contribution in [-0.4, -0.2) is 43.2 Å². The fourth-order valence-electron chi connectivity index (χ4n) is 3.66. The summed E-state index contributed by atoms with van der Waals surface area (Å²) in [7, 11) is 0. The third kappa shape index (κ3) is 2.64. The van der Waals surface area contributed by atoms with Crippen molar-refractivity contribution >= 4 is 5.91 Å². The van der Waals surface area contributed by atoms with E-state index < -0.39 is 6.04 Å². The van der Waals surface area contributed by atoms with Crippen LogP contribution in [-0.2, 0) is 17.8 Å². The molecule has 1 atom stereocenters. The van der Waals surface area contributed by atoms with E-state index in [-0.39, 0.29) is 11.6 Å². The number of pyridine rings is 1. The van der Waals surface area contributed by atoms with Crippen LogP contribution < -0.4 is 5.69 Å². The number of hydrogen-bond donors (Lipinski definition) is 0. The first kappa shape index (κ1) is 15.1. The average molecular weight is 327 g/mol. The predicted molar refractivity (Wildman–Crippen MR) is 87.6 cm³/mol. The highest BCUT2D eigenvalue weighted by Crippen LogP contribution is 2.25. The third-order valence-electron chi connectivity index (χ3n) is 4.87. The molecule has 7 nitrogen and oxygen atoms in total. The quantitative estimate of drug-likeness (QED) is 0.843. The molecule has 2 aliphatic rings. The molecule has 0 spiro atoms. The van der Waals surface area contributed by atoms with Crippen molar-refractivity contribution in [1.82, 2.24) is 24.2 Å². The second-order valence-corrected chi connectivity index (χ2v) is 6.49. The molecule has 1 saturated heterocycles. The molecule has 0 unspecified atom stereocenters. The van der Waals surface area contributed by atoms with Gasteiger partial charge in [-0.1, -0.05) is 6.07 Å². The molecule has 7 heteroatoms. The molecule has 0 N–H and O–H groups in total. The highest BCUT2D eigenvalue weighted by molar-refractivity contribution is 5.80. The number of carbonyl (C=O) groups is 1. The number of hydrogen-bond acceptors (Lipinski definition) is 4. The molecule has 0 radical (unpaired) electrons. The van der Waals surface area contributed by atoms with E-state index in [1.54, 1.807) is 10.8 Å². The Labute approximate surface area is 139 Å². The average Bonchev–Trinajstić information content (AvgIpc) is 3.24. The van der Waals surface area contributed by atoms with Gasteiger partial charge in [0, 0.05) is 25.7 Å². The third-order valence-corrected chi connectivity index (χ3v) is 4.87. The lowest BCUT2D eigenvalue weighted by atomic mass is 10.0. The second kappa shape index (κ2) is 6.22. The van der Waals surface area contributed by atoms with Crippen molar-refractivity contribution in [3.63, 3.8) is 0 Å². The van der Waals surface area contributed by atoms with Crippen LogP contribution in [0.15, 0.2) is 29.2 Å². The first-order valence-electron chi connectivity index (χ1n) is 8.61. The lowest BCUT2D eigenvalue weighted by molar-refractivity contribution is -0.134. The summed E-state index contributed by atoms with van der Waals surface area (Å²) in [5.74, 6) is 0.799. The van der Waals surface area contributed by atoms with Gasteiger partial charge in [-0.05, 0) is 37.8 Å². The molecule has 0 bridgehead atoms. The van der Waals surface area contributed by atoms with Crippen LogP contribution >= 0.6 is 0 Å². The van der Waals surface area contributed by atoms with Crippen LogP contribution in [0.2, 0.25) is 0 Å². The number of rotatable bonds is 3. The molecule has 0 aliphatic carbocycles. The normalized spacial score (nSPS) is 20.2. The van der Waals surface area contributed by atoms with Crippen molar-refractivity contribution in [2.24, 2.45) is 0 Å². The highest BCUT2D eigenvalue weighted by Gasteiger charge is 2.34. The monoisotopic (exact) mass is 327 g/mol. The summed E-state index contributed by atoms with van der Waals surface area (Å²) < 4.78 is 3.06. The minimum atomic E-state index is -0.392. The first-order chi connectivity index (χ1) is 11.7. The molecule has 0 saturated carbocycles. The number of aryl methyl sites for hydroxylation is 1. The second-order valence-electron chi connectivity index (χ2n) is 6.49. The van der Waals surface area contributed by atoms with Gasteiger partial charge in [0.1, 0.15) is 11.9 Å². The Morgan fingerprint density at radius 1 is 1.21 bits per heavy atom. The van der Waals surface area contributed by atoms with Crippen LogP contribution in [0.3, 0.4) is 0 Å². The summed E-state index contributed by atoms with van der Waals surface area (Å²) in [6.45, 7) is 1.95. The SMILES string of the molecule is O=C([C@H]1CCCc2nn(Cc3ccccn3)c(=O)n21)N1CCCC1. The zero-order valence-electron chi connectivity index (χ0n) is 13.6. The molecule has 24 heavy (non-hydrogen) atoms. The van der Waals surface area contributed by atoms with Crippen LogP contribution in [0.4, 0.5) is 0 Å². The van der Waals surface area contributed by atoms with Crippen molar-refractivity contribution in [2.45, 2.75) is 44.7 Å². The Morgan fingerprint density at radius 2 is 2.04 bits per heavy atom. The zero-order chi connectivity index (χ0) is 16.5. The van der Waals surface area contributed by atoms with Gasteiger partial charge in [0.05, 0.1) is 12.2 Å². The van der Waals surface area contributed by atoms with E-state index in [1.165, 1.54) is 4.68 Å². The van der Waals surface area contributed by atoms with Gasteiger partial charge in [-0.2, -0.15) is 5.10 Å². The van der Waals surface area contributed by atoms with Gasteiger partial charge in [-0.3, -0.25) is 14.3 Å². The fraction of sp³-hybridized carbons (Fsp3) is 0.529. The molecular weight excluding hydrogens is 306 g/mol. The summed E-state index contributed by atoms with van der Waals surface area (Å²) in [4.78, 5) is 31.8. The number of carbonyl (C=O) groups excluding carboxylic acids is 1. The minimum absolute atomic E-state index is 0.0768. The van der Waals surface area contributed by atoms with E-state index in [1.807, 2.05) is 23.1 Å². The summed E-state index contributed by atoms with van der Waals surface area (Å²) in [6.07, 6.45) is 6.17. The molecular formula is C17H21N5O2. The Kier molecular flexibility index (Phi) is 3.92. The molecule has 2 aromatic heterocycles. The fourth-order valence-corrected chi connectivity index (χ4v) is 3.66. The number of nitrogens with zero attached hydrogens (tertiary/aromatic N) is 5. The van der Waals surface area contributed by atoms with E-state index in [9.17, 15) is 9.59 Å². The largest absolute Gasteiger partial charge is 0.347 e. The van der Waals surface area contributed by atoms with E-state index in [2.05, 4.69) is 10.1 Å². The maximum Gasteiger partial charge on any atom is 0.347 e. The van der Waals surface area contributed by atoms with Gasteiger partial charge in [0.2, 0.25) is 5.91 Å². The van der Waals surface area contributed by atoms with E-state index in [0.717, 1.165) is 56.7 Å². The molecule has 126 valence electrons. The van der Waals surface area contributed by atoms with Crippen molar-refractivity contribution in [3.05, 3.63) is 46.4 Å². The summed E-state index contributed by atoms with van der Waals surface area (Å²) >= 11 is 0. The molecule has 2 aliphatic heterocycles. The van der Waals surface area contributed by atoms with Crippen molar-refractivity contribution in [3.8, 4) is 0 Å². The Hall–Kier alpha value is -2.44. The molecule has 4 heterocycles. The molecule has 0 aromatic carbocycles. The first-order valence-corrected chi connectivity index (χ1v) is 8.61. The van der Waals surface area contributed by atoms with Crippen LogP contribution in [0.5, 0.6) is 0 Å². The molecule has 2 aromatic rings. The maximum atomic E-state index is 12.8. The van der Waals surface area contributed by atoms with Gasteiger partial charge < -0.3 is 4.90 Å². The van der Waals surface area contributed by atoms with Gasteiger partial charge in [-0.25, -0.2) is 9.48 Å². The lowest BCUT2D eigenvalue weighted by Gasteiger charge is -2.27. The number of likely N-dealkylation sites (tertiary alicyclic amines) is 1. The molecule has 1 amide bonds. The Bertz CT molecular complexity index is 789. The van der Waals surface area contributed by atoms with Gasteiger partial charge >= 0.3 is 5.69 Å². The van der Waals surface area contributed by atoms with Crippen LogP contribution in [0, 0.1) is 0 Å². The van der Waals surface area contributed by atoms with Gasteiger partial charge in [-0.15, -0.1) is 0 Å². The highest BCUT2D eigenvalue weighted by atomic mass is 16.2. The van der Waals surface area contributed by atoms with Crippen LogP contribution in [0.25, 0.3) is 0 Å². The van der Waals surface area contributed by atoms with Gasteiger partial charge in [0.25, 0.3) is 0 Å². The number of fused-ring (bicyclic) bond motifs is 1. The van der Waals surface area contributed by atoms with Crippen LogP contribution in [0.1, 0.15) is 43.2 Å². The van der Waals surface area contributed by atoms with Gasteiger partial charge in [0.15, 0.2) is 0 Å². The molecule has 1 fully saturated rings. The molecule has 4 rings (SSSR count). The van der Waals surface area contributed by atoms with E-state index in [4.69, 9.17) is 0 Å². The maximum absolute atomic E-state index is 12.8. The topological polar surface area (TPSA) is 73.0 Å². The smallest absolute Gasteiger partial charge is 0.341 e. The Balaban J connectivity index is 1.65. The van der Waals surface area contributed by atoms with E-state index in [0.29, 0.717) is 6.54 Å². The summed E-state index contributed by atoms with van der Waals surface area (Å²) in [6, 6.07) is 5.22. The standard InChI is InChI=1S/C17H21N5O2/c23-16(20-10-3-4-11-20)14-7-5-8-15-19-21(17(24)22(14)15)12-13-6-1-2-9-18-13/h1-2,6,9,14H,3-5,7-8,10-12H2/t14-/m1/s1. The van der Waals surface area contributed by atoms with E-state index >= 15 is 0 Å². The number of amides is 1. The minimum Gasteiger partial charge on any atom is -0.341 e. The van der Waals surface area contributed by atoms with Crippen molar-refractivity contribution in [2.75, 3.05) is 13.1 Å².